The van der Waals surface area contributed by atoms with Crippen molar-refractivity contribution in [1.82, 2.24) is 0 Å². The van der Waals surface area contributed by atoms with Gasteiger partial charge in [-0.2, -0.15) is 0 Å². The molecule has 0 fully saturated rings. The van der Waals surface area contributed by atoms with Crippen molar-refractivity contribution in [2.24, 2.45) is 5.14 Å². The summed E-state index contributed by atoms with van der Waals surface area (Å²) in [6.45, 7) is 7.48. The zero-order valence-corrected chi connectivity index (χ0v) is 13.1. The molecule has 0 saturated heterocycles. The molecular weight excluding hydrogens is 293 g/mol. The van der Waals surface area contributed by atoms with Crippen LogP contribution >= 0.6 is 23.2 Å². The highest BCUT2D eigenvalue weighted by atomic mass is 35.5. The number of halogens is 2. The minimum absolute atomic E-state index is 0.0550. The number of primary sulfonamides is 1. The summed E-state index contributed by atoms with van der Waals surface area (Å²) < 4.78 is 23.7. The first-order chi connectivity index (χ1) is 8.07. The second kappa shape index (κ2) is 5.37. The summed E-state index contributed by atoms with van der Waals surface area (Å²) in [6.07, 6.45) is 0. The van der Waals surface area contributed by atoms with Crippen LogP contribution in [0.25, 0.3) is 0 Å². The van der Waals surface area contributed by atoms with Gasteiger partial charge in [-0.15, -0.1) is 0 Å². The molecule has 0 aromatic heterocycles. The largest absolute Gasteiger partial charge is 0.238 e. The fourth-order valence-corrected chi connectivity index (χ4v) is 4.33. The molecule has 6 heteroatoms. The number of hydrogen-bond donors (Lipinski definition) is 1. The van der Waals surface area contributed by atoms with Gasteiger partial charge >= 0.3 is 0 Å². The van der Waals surface area contributed by atoms with Crippen molar-refractivity contribution in [3.05, 3.63) is 27.2 Å². The predicted molar refractivity (Wildman–Crippen MR) is 76.0 cm³/mol. The van der Waals surface area contributed by atoms with Gasteiger partial charge in [0.2, 0.25) is 10.0 Å². The van der Waals surface area contributed by atoms with Crippen LogP contribution in [0.5, 0.6) is 0 Å². The van der Waals surface area contributed by atoms with Crippen molar-refractivity contribution >= 4 is 33.2 Å². The van der Waals surface area contributed by atoms with E-state index in [-0.39, 0.29) is 16.7 Å². The topological polar surface area (TPSA) is 60.2 Å². The second-order valence-electron chi connectivity index (χ2n) is 4.85. The fourth-order valence-electron chi connectivity index (χ4n) is 2.01. The second-order valence-corrected chi connectivity index (χ2v) is 7.16. The lowest BCUT2D eigenvalue weighted by Gasteiger charge is -2.20. The number of sulfonamides is 1. The van der Waals surface area contributed by atoms with Crippen LogP contribution in [-0.2, 0) is 10.0 Å². The summed E-state index contributed by atoms with van der Waals surface area (Å²) in [4.78, 5) is 0.0741. The van der Waals surface area contributed by atoms with Gasteiger partial charge in [-0.05, 0) is 29.0 Å². The molecule has 0 amide bonds. The molecule has 0 aliphatic carbocycles. The lowest BCUT2D eigenvalue weighted by molar-refractivity contribution is 0.592. The van der Waals surface area contributed by atoms with E-state index in [1.807, 2.05) is 27.7 Å². The molecule has 3 nitrogen and oxygen atoms in total. The van der Waals surface area contributed by atoms with Crippen LogP contribution in [0.4, 0.5) is 0 Å². The van der Waals surface area contributed by atoms with Crippen LogP contribution in [0, 0.1) is 0 Å². The van der Waals surface area contributed by atoms with Gasteiger partial charge in [0.25, 0.3) is 0 Å². The summed E-state index contributed by atoms with van der Waals surface area (Å²) in [5, 5.41) is 6.00. The van der Waals surface area contributed by atoms with Crippen molar-refractivity contribution in [3.8, 4) is 0 Å². The molecule has 18 heavy (non-hydrogen) atoms. The molecule has 0 spiro atoms. The summed E-state index contributed by atoms with van der Waals surface area (Å²) in [6, 6.07) is 1.59. The average Bonchev–Trinajstić information content (AvgIpc) is 2.13. The van der Waals surface area contributed by atoms with E-state index in [2.05, 4.69) is 0 Å². The molecule has 102 valence electrons. The fraction of sp³-hybridized carbons (Fsp3) is 0.500. The number of nitrogens with two attached hydrogens (primary N) is 1. The molecule has 1 rings (SSSR count). The Morgan fingerprint density at radius 3 is 1.56 bits per heavy atom. The maximum atomic E-state index is 11.8. The molecule has 0 saturated carbocycles. The van der Waals surface area contributed by atoms with Crippen molar-refractivity contribution in [1.29, 1.82) is 0 Å². The maximum Gasteiger partial charge on any atom is 0.238 e. The Morgan fingerprint density at radius 1 is 1.00 bits per heavy atom. The highest BCUT2D eigenvalue weighted by molar-refractivity contribution is 7.89. The number of rotatable bonds is 3. The monoisotopic (exact) mass is 309 g/mol. The summed E-state index contributed by atoms with van der Waals surface area (Å²) >= 11 is 12.2. The van der Waals surface area contributed by atoms with Gasteiger partial charge in [-0.25, -0.2) is 13.6 Å². The van der Waals surface area contributed by atoms with E-state index in [0.29, 0.717) is 21.2 Å². The van der Waals surface area contributed by atoms with E-state index in [1.165, 1.54) is 0 Å². The molecule has 1 aromatic carbocycles. The van der Waals surface area contributed by atoms with Crippen molar-refractivity contribution < 1.29 is 8.42 Å². The normalized spacial score (nSPS) is 12.5. The van der Waals surface area contributed by atoms with Crippen LogP contribution in [0.15, 0.2) is 11.0 Å². The van der Waals surface area contributed by atoms with Gasteiger partial charge in [0, 0.05) is 10.0 Å². The Balaban J connectivity index is 3.90. The number of benzene rings is 1. The van der Waals surface area contributed by atoms with Gasteiger partial charge in [0.15, 0.2) is 0 Å². The SMILES string of the molecule is CC(C)c1c(Cl)cc(Cl)c(C(C)C)c1S(N)(=O)=O. The number of hydrogen-bond acceptors (Lipinski definition) is 2. The molecule has 0 unspecified atom stereocenters. The standard InChI is InChI=1S/C12H17Cl2NO2S/c1-6(2)10-8(13)5-9(14)11(7(3)4)12(10)18(15,16)17/h5-7H,1-4H3,(H2,15,16,17). The highest BCUT2D eigenvalue weighted by Gasteiger charge is 2.27. The van der Waals surface area contributed by atoms with Crippen LogP contribution in [0.1, 0.15) is 50.7 Å². The Bertz CT molecular complexity index is 534. The van der Waals surface area contributed by atoms with Crippen LogP contribution in [0.2, 0.25) is 10.0 Å². The van der Waals surface area contributed by atoms with Crippen LogP contribution in [-0.4, -0.2) is 8.42 Å². The Hall–Kier alpha value is -0.290. The van der Waals surface area contributed by atoms with Crippen molar-refractivity contribution in [3.63, 3.8) is 0 Å². The molecular formula is C12H17Cl2NO2S. The van der Waals surface area contributed by atoms with Gasteiger partial charge < -0.3 is 0 Å². The van der Waals surface area contributed by atoms with E-state index >= 15 is 0 Å². The van der Waals surface area contributed by atoms with E-state index in [9.17, 15) is 8.42 Å². The predicted octanol–water partition coefficient (Wildman–Crippen LogP) is 3.89. The Morgan fingerprint density at radius 2 is 1.33 bits per heavy atom. The van der Waals surface area contributed by atoms with Gasteiger partial charge in [-0.3, -0.25) is 0 Å². The Labute approximate surface area is 118 Å². The first-order valence-corrected chi connectivity index (χ1v) is 7.92. The van der Waals surface area contributed by atoms with Gasteiger partial charge in [0.05, 0.1) is 4.90 Å². The van der Waals surface area contributed by atoms with Crippen LogP contribution < -0.4 is 5.14 Å². The van der Waals surface area contributed by atoms with Gasteiger partial charge in [0.1, 0.15) is 0 Å². The van der Waals surface area contributed by atoms with E-state index in [1.54, 1.807) is 6.07 Å². The summed E-state index contributed by atoms with van der Waals surface area (Å²) in [5.41, 5.74) is 1.07. The van der Waals surface area contributed by atoms with E-state index < -0.39 is 10.0 Å². The molecule has 0 radical (unpaired) electrons. The smallest absolute Gasteiger partial charge is 0.225 e. The van der Waals surface area contributed by atoms with Gasteiger partial charge in [-0.1, -0.05) is 50.9 Å². The summed E-state index contributed by atoms with van der Waals surface area (Å²) in [5.74, 6) is -0.110. The quantitative estimate of drug-likeness (QED) is 0.920. The van der Waals surface area contributed by atoms with E-state index in [0.717, 1.165) is 0 Å². The molecule has 1 aromatic rings. The molecule has 2 N–H and O–H groups in total. The first kappa shape index (κ1) is 15.8. The van der Waals surface area contributed by atoms with Crippen molar-refractivity contribution in [2.75, 3.05) is 0 Å². The molecule has 0 aliphatic rings. The molecule has 0 bridgehead atoms. The van der Waals surface area contributed by atoms with Crippen molar-refractivity contribution in [2.45, 2.75) is 44.4 Å². The highest BCUT2D eigenvalue weighted by Crippen LogP contribution is 2.40. The van der Waals surface area contributed by atoms with Crippen LogP contribution in [0.3, 0.4) is 0 Å². The average molecular weight is 310 g/mol. The molecule has 0 atom stereocenters. The minimum Gasteiger partial charge on any atom is -0.225 e. The first-order valence-electron chi connectivity index (χ1n) is 5.62. The zero-order chi connectivity index (χ0) is 14.2. The van der Waals surface area contributed by atoms with E-state index in [4.69, 9.17) is 28.3 Å². The molecule has 0 heterocycles. The Kier molecular flexibility index (Phi) is 4.70. The third kappa shape index (κ3) is 2.99. The molecule has 0 aliphatic heterocycles. The third-order valence-corrected chi connectivity index (χ3v) is 4.33. The zero-order valence-electron chi connectivity index (χ0n) is 10.8. The third-order valence-electron chi connectivity index (χ3n) is 2.70. The summed E-state index contributed by atoms with van der Waals surface area (Å²) in [7, 11) is -3.87. The lowest BCUT2D eigenvalue weighted by atomic mass is 9.95. The minimum atomic E-state index is -3.87. The lowest BCUT2D eigenvalue weighted by Crippen LogP contribution is -2.19. The maximum absolute atomic E-state index is 11.8.